The van der Waals surface area contributed by atoms with Gasteiger partial charge < -0.3 is 10.4 Å². The van der Waals surface area contributed by atoms with Gasteiger partial charge in [-0.1, -0.05) is 32.1 Å². The summed E-state index contributed by atoms with van der Waals surface area (Å²) in [5.41, 5.74) is 0.521. The lowest BCUT2D eigenvalue weighted by Crippen LogP contribution is -2.32. The zero-order valence-corrected chi connectivity index (χ0v) is 12.2. The minimum absolute atomic E-state index is 0.394. The highest BCUT2D eigenvalue weighted by molar-refractivity contribution is 8.03. The van der Waals surface area contributed by atoms with Gasteiger partial charge in [0.05, 0.1) is 0 Å². The van der Waals surface area contributed by atoms with E-state index >= 15 is 0 Å². The molecule has 2 fully saturated rings. The summed E-state index contributed by atoms with van der Waals surface area (Å²) in [4.78, 5) is 12.6. The largest absolute Gasteiger partial charge is 0.477 e. The van der Waals surface area contributed by atoms with Crippen molar-refractivity contribution >= 4 is 17.7 Å². The number of rotatable bonds is 3. The van der Waals surface area contributed by atoms with E-state index in [1.54, 1.807) is 0 Å². The van der Waals surface area contributed by atoms with Crippen molar-refractivity contribution in [2.24, 2.45) is 5.92 Å². The number of nitrogens with one attached hydrogen (secondary N) is 1. The van der Waals surface area contributed by atoms with Crippen LogP contribution in [0.1, 0.15) is 57.8 Å². The highest BCUT2D eigenvalue weighted by Crippen LogP contribution is 2.45. The Labute approximate surface area is 119 Å². The average Bonchev–Trinajstić information content (AvgIpc) is 2.79. The molecule has 0 spiro atoms. The third-order valence-corrected chi connectivity index (χ3v) is 6.30. The summed E-state index contributed by atoms with van der Waals surface area (Å²) in [6.45, 7) is 0. The number of hydrogen-bond donors (Lipinski definition) is 2. The molecule has 0 aromatic carbocycles. The number of fused-ring (bicyclic) bond motifs is 1. The monoisotopic (exact) mass is 281 g/mol. The number of hydrogen-bond acceptors (Lipinski definition) is 3. The lowest BCUT2D eigenvalue weighted by Gasteiger charge is -2.29. The first-order valence-electron chi connectivity index (χ1n) is 7.66. The molecule has 3 rings (SSSR count). The molecule has 0 radical (unpaired) electrons. The molecular formula is C15H23NO2S. The Bertz CT molecular complexity index is 388. The molecule has 2 saturated carbocycles. The van der Waals surface area contributed by atoms with Gasteiger partial charge in [-0.25, -0.2) is 4.79 Å². The minimum atomic E-state index is -0.757. The molecule has 3 nitrogen and oxygen atoms in total. The van der Waals surface area contributed by atoms with Crippen molar-refractivity contribution in [1.82, 2.24) is 5.32 Å². The molecule has 1 aliphatic heterocycles. The number of carboxylic acid groups (broad SMARTS) is 1. The quantitative estimate of drug-likeness (QED) is 0.831. The van der Waals surface area contributed by atoms with E-state index in [1.807, 2.05) is 11.8 Å². The molecule has 0 aromatic rings. The topological polar surface area (TPSA) is 49.3 Å². The second-order valence-corrected chi connectivity index (χ2v) is 7.41. The van der Waals surface area contributed by atoms with Gasteiger partial charge in [-0.05, 0) is 25.7 Å². The molecule has 2 N–H and O–H groups in total. The second-order valence-electron chi connectivity index (χ2n) is 6.06. The minimum Gasteiger partial charge on any atom is -0.477 e. The number of carboxylic acids is 1. The molecule has 0 aromatic heterocycles. The predicted molar refractivity (Wildman–Crippen MR) is 78.0 cm³/mol. The first kappa shape index (κ1) is 13.3. The summed E-state index contributed by atoms with van der Waals surface area (Å²) in [5.74, 6) is -0.278. The molecule has 4 heteroatoms. The number of carbonyl (C=O) groups is 1. The van der Waals surface area contributed by atoms with Gasteiger partial charge in [0.1, 0.15) is 5.70 Å². The van der Waals surface area contributed by atoms with Crippen LogP contribution < -0.4 is 5.32 Å². The van der Waals surface area contributed by atoms with E-state index in [-0.39, 0.29) is 0 Å². The van der Waals surface area contributed by atoms with Crippen LogP contribution in [0.25, 0.3) is 0 Å². The zero-order chi connectivity index (χ0) is 13.2. The highest BCUT2D eigenvalue weighted by atomic mass is 32.2. The van der Waals surface area contributed by atoms with Gasteiger partial charge in [-0.2, -0.15) is 0 Å². The molecule has 2 aliphatic carbocycles. The average molecular weight is 281 g/mol. The molecule has 106 valence electrons. The molecule has 2 atom stereocenters. The van der Waals surface area contributed by atoms with Crippen LogP contribution in [0.4, 0.5) is 0 Å². The molecule has 2 unspecified atom stereocenters. The summed E-state index contributed by atoms with van der Waals surface area (Å²) in [6.07, 6.45) is 11.3. The van der Waals surface area contributed by atoms with E-state index in [0.717, 1.165) is 6.42 Å². The van der Waals surface area contributed by atoms with Gasteiger partial charge in [0.15, 0.2) is 0 Å². The lowest BCUT2D eigenvalue weighted by molar-refractivity contribution is -0.133. The van der Waals surface area contributed by atoms with Crippen LogP contribution in [0, 0.1) is 5.92 Å². The fourth-order valence-corrected chi connectivity index (χ4v) is 5.38. The van der Waals surface area contributed by atoms with Crippen LogP contribution in [0.5, 0.6) is 0 Å². The molecule has 1 heterocycles. The summed E-state index contributed by atoms with van der Waals surface area (Å²) in [7, 11) is 0. The van der Waals surface area contributed by atoms with Crippen molar-refractivity contribution in [2.45, 2.75) is 69.1 Å². The van der Waals surface area contributed by atoms with Crippen LogP contribution in [0.15, 0.2) is 10.6 Å². The first-order valence-corrected chi connectivity index (χ1v) is 8.54. The van der Waals surface area contributed by atoms with E-state index in [2.05, 4.69) is 5.32 Å². The second kappa shape index (κ2) is 5.78. The van der Waals surface area contributed by atoms with Crippen LogP contribution in [-0.2, 0) is 4.79 Å². The summed E-state index contributed by atoms with van der Waals surface area (Å²) < 4.78 is 0. The molecule has 0 bridgehead atoms. The van der Waals surface area contributed by atoms with Gasteiger partial charge in [-0.3, -0.25) is 0 Å². The maximum Gasteiger partial charge on any atom is 0.352 e. The Balaban J connectivity index is 1.76. The third-order valence-electron chi connectivity index (χ3n) is 4.74. The Morgan fingerprint density at radius 2 is 1.74 bits per heavy atom. The maximum absolute atomic E-state index is 11.5. The van der Waals surface area contributed by atoms with Crippen molar-refractivity contribution < 1.29 is 9.90 Å². The van der Waals surface area contributed by atoms with Crippen LogP contribution in [0.2, 0.25) is 0 Å². The summed E-state index contributed by atoms with van der Waals surface area (Å²) in [6, 6.07) is 0.394. The van der Waals surface area contributed by atoms with E-state index in [1.165, 1.54) is 56.3 Å². The van der Waals surface area contributed by atoms with Crippen molar-refractivity contribution in [3.63, 3.8) is 0 Å². The predicted octanol–water partition coefficient (Wildman–Crippen LogP) is 3.51. The van der Waals surface area contributed by atoms with E-state index in [4.69, 9.17) is 0 Å². The highest BCUT2D eigenvalue weighted by Gasteiger charge is 2.39. The first-order chi connectivity index (χ1) is 9.25. The van der Waals surface area contributed by atoms with Crippen LogP contribution in [-0.4, -0.2) is 22.4 Å². The fourth-order valence-electron chi connectivity index (χ4n) is 3.74. The van der Waals surface area contributed by atoms with Crippen molar-refractivity contribution in [3.05, 3.63) is 10.6 Å². The van der Waals surface area contributed by atoms with E-state index < -0.39 is 5.97 Å². The Kier molecular flexibility index (Phi) is 4.06. The van der Waals surface area contributed by atoms with E-state index in [9.17, 15) is 9.90 Å². The van der Waals surface area contributed by atoms with Crippen LogP contribution >= 0.6 is 11.8 Å². The van der Waals surface area contributed by atoms with Crippen molar-refractivity contribution in [3.8, 4) is 0 Å². The Hall–Kier alpha value is -0.640. The smallest absolute Gasteiger partial charge is 0.352 e. The normalized spacial score (nSPS) is 32.0. The Morgan fingerprint density at radius 1 is 1.05 bits per heavy atom. The molecular weight excluding hydrogens is 258 g/mol. The number of aliphatic carboxylic acids is 1. The maximum atomic E-state index is 11.5. The van der Waals surface area contributed by atoms with Gasteiger partial charge >= 0.3 is 5.97 Å². The standard InChI is InChI=1S/C15H23NO2S/c17-15(18)13-14(19-10-6-2-1-3-7-10)11-8-4-5-9-12(11)16-13/h10-12,16H,1-9H2,(H,17,18). The SMILES string of the molecule is O=C(O)C1=C(SC2CCCCC2)C2CCCCC2N1. The summed E-state index contributed by atoms with van der Waals surface area (Å²) >= 11 is 1.89. The molecule has 0 amide bonds. The van der Waals surface area contributed by atoms with Crippen LogP contribution in [0.3, 0.4) is 0 Å². The van der Waals surface area contributed by atoms with Gasteiger partial charge in [0.25, 0.3) is 0 Å². The number of thioether (sulfide) groups is 1. The fraction of sp³-hybridized carbons (Fsp3) is 0.800. The summed E-state index contributed by atoms with van der Waals surface area (Å²) in [5, 5.41) is 13.4. The van der Waals surface area contributed by atoms with Gasteiger partial charge in [0, 0.05) is 22.1 Å². The molecule has 3 aliphatic rings. The molecule has 19 heavy (non-hydrogen) atoms. The van der Waals surface area contributed by atoms with Crippen molar-refractivity contribution in [2.75, 3.05) is 0 Å². The molecule has 0 saturated heterocycles. The Morgan fingerprint density at radius 3 is 2.47 bits per heavy atom. The van der Waals surface area contributed by atoms with Gasteiger partial charge in [-0.15, -0.1) is 11.8 Å². The lowest BCUT2D eigenvalue weighted by atomic mass is 9.86. The van der Waals surface area contributed by atoms with E-state index in [0.29, 0.717) is 22.9 Å². The third kappa shape index (κ3) is 2.78. The zero-order valence-electron chi connectivity index (χ0n) is 11.4. The van der Waals surface area contributed by atoms with Gasteiger partial charge in [0.2, 0.25) is 0 Å². The van der Waals surface area contributed by atoms with Crippen molar-refractivity contribution in [1.29, 1.82) is 0 Å².